The lowest BCUT2D eigenvalue weighted by Gasteiger charge is -2.45. The van der Waals surface area contributed by atoms with Crippen molar-refractivity contribution >= 4 is 21.4 Å². The number of hydrogen-bond donors (Lipinski definition) is 2. The molecule has 0 amide bonds. The van der Waals surface area contributed by atoms with Gasteiger partial charge < -0.3 is 10.1 Å². The lowest BCUT2D eigenvalue weighted by molar-refractivity contribution is -0.384. The van der Waals surface area contributed by atoms with Gasteiger partial charge in [-0.15, -0.1) is 0 Å². The third kappa shape index (κ3) is 5.13. The van der Waals surface area contributed by atoms with Crippen molar-refractivity contribution in [2.45, 2.75) is 56.6 Å². The number of ether oxygens (including phenoxy) is 1. The molecular formula is C16H25N3O5S. The molecular weight excluding hydrogens is 346 g/mol. The van der Waals surface area contributed by atoms with Gasteiger partial charge in [-0.25, -0.2) is 13.6 Å². The summed E-state index contributed by atoms with van der Waals surface area (Å²) in [5.41, 5.74) is -0.564. The van der Waals surface area contributed by atoms with Crippen LogP contribution in [0.3, 0.4) is 0 Å². The van der Waals surface area contributed by atoms with Crippen molar-refractivity contribution < 1.29 is 18.1 Å². The summed E-state index contributed by atoms with van der Waals surface area (Å²) >= 11 is 0. The third-order valence-electron chi connectivity index (χ3n) is 4.19. The minimum atomic E-state index is -3.99. The summed E-state index contributed by atoms with van der Waals surface area (Å²) in [5, 5.41) is 19.4. The lowest BCUT2D eigenvalue weighted by atomic mass is 9.81. The molecule has 0 radical (unpaired) electrons. The topological polar surface area (TPSA) is 125 Å². The normalized spacial score (nSPS) is 20.2. The summed E-state index contributed by atoms with van der Waals surface area (Å²) in [4.78, 5) is 10.4. The van der Waals surface area contributed by atoms with Crippen LogP contribution >= 0.6 is 0 Å². The van der Waals surface area contributed by atoms with Gasteiger partial charge >= 0.3 is 0 Å². The molecule has 3 N–H and O–H groups in total. The first-order valence-corrected chi connectivity index (χ1v) is 9.59. The Kier molecular flexibility index (Phi) is 5.13. The lowest BCUT2D eigenvalue weighted by Crippen LogP contribution is -2.46. The van der Waals surface area contributed by atoms with E-state index in [9.17, 15) is 18.5 Å². The van der Waals surface area contributed by atoms with Crippen molar-refractivity contribution in [1.29, 1.82) is 0 Å². The average molecular weight is 371 g/mol. The van der Waals surface area contributed by atoms with Crippen LogP contribution in [0.25, 0.3) is 0 Å². The minimum absolute atomic E-state index is 0.266. The van der Waals surface area contributed by atoms with Gasteiger partial charge in [0.2, 0.25) is 10.0 Å². The molecule has 0 spiro atoms. The standard InChI is InChI=1S/C16H25N3O5S/c1-15(2)8-11(9-16(3,4)24-15)10-18-13-6-5-12(25(17,22)23)7-14(13)19(20)21/h5-7,11,18H,8-10H2,1-4H3,(H2,17,22,23). The van der Waals surface area contributed by atoms with Crippen LogP contribution < -0.4 is 10.5 Å². The number of nitro benzene ring substituents is 1. The Morgan fingerprint density at radius 1 is 1.28 bits per heavy atom. The zero-order chi connectivity index (χ0) is 19.0. The zero-order valence-electron chi connectivity index (χ0n) is 14.9. The molecule has 1 saturated heterocycles. The van der Waals surface area contributed by atoms with Gasteiger partial charge in [0.1, 0.15) is 5.69 Å². The summed E-state index contributed by atoms with van der Waals surface area (Å²) in [6.07, 6.45) is 1.65. The smallest absolute Gasteiger partial charge is 0.293 e. The Balaban J connectivity index is 2.19. The van der Waals surface area contributed by atoms with E-state index in [4.69, 9.17) is 9.88 Å². The molecule has 0 unspecified atom stereocenters. The minimum Gasteiger partial charge on any atom is -0.379 e. The number of primary sulfonamides is 1. The van der Waals surface area contributed by atoms with Gasteiger partial charge in [0.25, 0.3) is 5.69 Å². The summed E-state index contributed by atoms with van der Waals surface area (Å²) < 4.78 is 28.8. The van der Waals surface area contributed by atoms with Gasteiger partial charge in [0.15, 0.2) is 0 Å². The fraction of sp³-hybridized carbons (Fsp3) is 0.625. The highest BCUT2D eigenvalue weighted by Crippen LogP contribution is 2.38. The molecule has 0 atom stereocenters. The highest BCUT2D eigenvalue weighted by Gasteiger charge is 2.39. The van der Waals surface area contributed by atoms with Gasteiger partial charge in [-0.3, -0.25) is 10.1 Å². The molecule has 0 aromatic heterocycles. The van der Waals surface area contributed by atoms with Gasteiger partial charge in [0, 0.05) is 12.6 Å². The van der Waals surface area contributed by atoms with E-state index in [1.54, 1.807) is 0 Å². The molecule has 1 heterocycles. The number of nitro groups is 1. The number of sulfonamides is 1. The first-order chi connectivity index (χ1) is 11.3. The fourth-order valence-corrected chi connectivity index (χ4v) is 4.22. The number of nitrogens with one attached hydrogen (secondary N) is 1. The third-order valence-corrected chi connectivity index (χ3v) is 5.10. The monoisotopic (exact) mass is 371 g/mol. The van der Waals surface area contributed by atoms with Crippen molar-refractivity contribution in [2.24, 2.45) is 11.1 Å². The second-order valence-corrected chi connectivity index (χ2v) is 9.32. The molecule has 2 rings (SSSR count). The van der Waals surface area contributed by atoms with Gasteiger partial charge in [-0.05, 0) is 58.6 Å². The van der Waals surface area contributed by atoms with Crippen molar-refractivity contribution in [2.75, 3.05) is 11.9 Å². The second kappa shape index (κ2) is 6.54. The summed E-state index contributed by atoms with van der Waals surface area (Å²) in [6.45, 7) is 8.66. The molecule has 1 fully saturated rings. The molecule has 8 nitrogen and oxygen atoms in total. The molecule has 1 aliphatic heterocycles. The molecule has 25 heavy (non-hydrogen) atoms. The van der Waals surface area contributed by atoms with Crippen LogP contribution in [0.5, 0.6) is 0 Å². The largest absolute Gasteiger partial charge is 0.379 e. The summed E-state index contributed by atoms with van der Waals surface area (Å²) in [7, 11) is -3.99. The predicted molar refractivity (Wildman–Crippen MR) is 94.9 cm³/mol. The van der Waals surface area contributed by atoms with E-state index in [1.807, 2.05) is 27.7 Å². The van der Waals surface area contributed by atoms with Crippen LogP contribution in [-0.2, 0) is 14.8 Å². The van der Waals surface area contributed by atoms with Gasteiger partial charge in [-0.1, -0.05) is 0 Å². The molecule has 1 aromatic rings. The van der Waals surface area contributed by atoms with Crippen LogP contribution in [0.15, 0.2) is 23.1 Å². The quantitative estimate of drug-likeness (QED) is 0.605. The van der Waals surface area contributed by atoms with E-state index in [-0.39, 0.29) is 33.4 Å². The van der Waals surface area contributed by atoms with E-state index in [1.165, 1.54) is 12.1 Å². The first-order valence-electron chi connectivity index (χ1n) is 8.04. The maximum absolute atomic E-state index is 11.4. The molecule has 1 aliphatic rings. The van der Waals surface area contributed by atoms with E-state index in [0.29, 0.717) is 6.54 Å². The van der Waals surface area contributed by atoms with Gasteiger partial charge in [-0.2, -0.15) is 0 Å². The van der Waals surface area contributed by atoms with Crippen LogP contribution in [-0.4, -0.2) is 31.1 Å². The van der Waals surface area contributed by atoms with Gasteiger partial charge in [0.05, 0.1) is 21.0 Å². The number of anilines is 1. The number of benzene rings is 1. The SMILES string of the molecule is CC1(C)CC(CNc2ccc(S(N)(=O)=O)cc2[N+](=O)[O-])CC(C)(C)O1. The van der Waals surface area contributed by atoms with Crippen molar-refractivity contribution in [3.8, 4) is 0 Å². The first kappa shape index (κ1) is 19.6. The molecule has 0 saturated carbocycles. The Bertz CT molecular complexity index is 758. The zero-order valence-corrected chi connectivity index (χ0v) is 15.7. The molecule has 0 aliphatic carbocycles. The average Bonchev–Trinajstić information content (AvgIpc) is 2.40. The second-order valence-electron chi connectivity index (χ2n) is 7.76. The maximum Gasteiger partial charge on any atom is 0.293 e. The Labute approximate surface area is 147 Å². The van der Waals surface area contributed by atoms with Crippen molar-refractivity contribution in [3.63, 3.8) is 0 Å². The molecule has 140 valence electrons. The fourth-order valence-electron chi connectivity index (χ4n) is 3.68. The predicted octanol–water partition coefficient (Wildman–Crippen LogP) is 2.64. The highest BCUT2D eigenvalue weighted by atomic mass is 32.2. The molecule has 0 bridgehead atoms. The number of nitrogens with zero attached hydrogens (tertiary/aromatic N) is 1. The van der Waals surface area contributed by atoms with Crippen LogP contribution in [0.1, 0.15) is 40.5 Å². The summed E-state index contributed by atoms with van der Waals surface area (Å²) in [6, 6.07) is 3.63. The summed E-state index contributed by atoms with van der Waals surface area (Å²) in [5.74, 6) is 0.274. The van der Waals surface area contributed by atoms with Crippen molar-refractivity contribution in [1.82, 2.24) is 0 Å². The Hall–Kier alpha value is -1.71. The molecule has 9 heteroatoms. The Morgan fingerprint density at radius 2 is 1.84 bits per heavy atom. The number of hydrogen-bond acceptors (Lipinski definition) is 6. The van der Waals surface area contributed by atoms with Crippen molar-refractivity contribution in [3.05, 3.63) is 28.3 Å². The Morgan fingerprint density at radius 3 is 2.32 bits per heavy atom. The van der Waals surface area contributed by atoms with Crippen LogP contribution in [0, 0.1) is 16.0 Å². The van der Waals surface area contributed by atoms with E-state index < -0.39 is 14.9 Å². The van der Waals surface area contributed by atoms with Crippen LogP contribution in [0.2, 0.25) is 0 Å². The number of nitrogens with two attached hydrogens (primary N) is 1. The molecule has 1 aromatic carbocycles. The van der Waals surface area contributed by atoms with Crippen LogP contribution in [0.4, 0.5) is 11.4 Å². The van der Waals surface area contributed by atoms with E-state index >= 15 is 0 Å². The number of rotatable bonds is 5. The van der Waals surface area contributed by atoms with E-state index in [0.717, 1.165) is 18.9 Å². The van der Waals surface area contributed by atoms with E-state index in [2.05, 4.69) is 5.32 Å². The maximum atomic E-state index is 11.4. The highest BCUT2D eigenvalue weighted by molar-refractivity contribution is 7.89.